The SMILES string of the molecule is CC1Cc2cc(CCN3CCN(C)CC3)ccc2C(=O)O1. The summed E-state index contributed by atoms with van der Waals surface area (Å²) < 4.78 is 5.27. The summed E-state index contributed by atoms with van der Waals surface area (Å²) >= 11 is 0. The van der Waals surface area contributed by atoms with Crippen LogP contribution in [0.4, 0.5) is 0 Å². The first kappa shape index (κ1) is 14.5. The number of ether oxygens (including phenoxy) is 1. The van der Waals surface area contributed by atoms with Crippen LogP contribution in [0, 0.1) is 0 Å². The minimum absolute atomic E-state index is 0.00196. The number of cyclic esters (lactones) is 1. The van der Waals surface area contributed by atoms with E-state index in [9.17, 15) is 4.79 Å². The van der Waals surface area contributed by atoms with E-state index in [1.807, 2.05) is 13.0 Å². The van der Waals surface area contributed by atoms with Crippen molar-refractivity contribution in [2.24, 2.45) is 0 Å². The van der Waals surface area contributed by atoms with Crippen LogP contribution in [-0.4, -0.2) is 61.6 Å². The van der Waals surface area contributed by atoms with Crippen LogP contribution in [-0.2, 0) is 17.6 Å². The van der Waals surface area contributed by atoms with Crippen LogP contribution in [0.5, 0.6) is 0 Å². The zero-order valence-electron chi connectivity index (χ0n) is 13.0. The highest BCUT2D eigenvalue weighted by molar-refractivity contribution is 5.92. The number of hydrogen-bond donors (Lipinski definition) is 0. The van der Waals surface area contributed by atoms with Gasteiger partial charge < -0.3 is 14.5 Å². The topological polar surface area (TPSA) is 32.8 Å². The Kier molecular flexibility index (Phi) is 4.27. The lowest BCUT2D eigenvalue weighted by Crippen LogP contribution is -2.45. The highest BCUT2D eigenvalue weighted by Crippen LogP contribution is 2.22. The van der Waals surface area contributed by atoms with Crippen molar-refractivity contribution in [2.75, 3.05) is 39.8 Å². The Balaban J connectivity index is 1.62. The standard InChI is InChI=1S/C17H24N2O2/c1-13-11-15-12-14(3-4-16(15)17(20)21-13)5-6-19-9-7-18(2)8-10-19/h3-4,12-13H,5-11H2,1-2H3. The molecule has 0 amide bonds. The van der Waals surface area contributed by atoms with Gasteiger partial charge in [-0.3, -0.25) is 0 Å². The molecule has 1 saturated heterocycles. The lowest BCUT2D eigenvalue weighted by atomic mass is 9.96. The largest absolute Gasteiger partial charge is 0.459 e. The second-order valence-corrected chi connectivity index (χ2v) is 6.31. The van der Waals surface area contributed by atoms with E-state index in [0.29, 0.717) is 0 Å². The molecule has 0 aliphatic carbocycles. The quantitative estimate of drug-likeness (QED) is 0.791. The summed E-state index contributed by atoms with van der Waals surface area (Å²) in [4.78, 5) is 16.7. The zero-order valence-corrected chi connectivity index (χ0v) is 13.0. The molecule has 0 radical (unpaired) electrons. The molecular formula is C17H24N2O2. The van der Waals surface area contributed by atoms with Gasteiger partial charge in [-0.25, -0.2) is 4.79 Å². The molecule has 2 aliphatic rings. The molecule has 0 saturated carbocycles. The maximum absolute atomic E-state index is 11.8. The molecule has 0 spiro atoms. The van der Waals surface area contributed by atoms with Gasteiger partial charge in [-0.1, -0.05) is 12.1 Å². The maximum Gasteiger partial charge on any atom is 0.338 e. The fourth-order valence-corrected chi connectivity index (χ4v) is 3.13. The smallest absolute Gasteiger partial charge is 0.338 e. The summed E-state index contributed by atoms with van der Waals surface area (Å²) in [5.41, 5.74) is 3.22. The Bertz CT molecular complexity index is 522. The van der Waals surface area contributed by atoms with Crippen molar-refractivity contribution in [2.45, 2.75) is 25.9 Å². The first-order valence-corrected chi connectivity index (χ1v) is 7.85. The third-order valence-corrected chi connectivity index (χ3v) is 4.52. The Labute approximate surface area is 126 Å². The number of carbonyl (C=O) groups is 1. The van der Waals surface area contributed by atoms with E-state index in [-0.39, 0.29) is 12.1 Å². The highest BCUT2D eigenvalue weighted by atomic mass is 16.5. The number of benzene rings is 1. The summed E-state index contributed by atoms with van der Waals surface area (Å²) in [5.74, 6) is -0.172. The second kappa shape index (κ2) is 6.16. The fraction of sp³-hybridized carbons (Fsp3) is 0.588. The van der Waals surface area contributed by atoms with Crippen molar-refractivity contribution >= 4 is 5.97 Å². The van der Waals surface area contributed by atoms with Crippen LogP contribution in [0.3, 0.4) is 0 Å². The predicted molar refractivity (Wildman–Crippen MR) is 82.7 cm³/mol. The molecule has 2 aliphatic heterocycles. The molecule has 1 aromatic rings. The average molecular weight is 288 g/mol. The van der Waals surface area contributed by atoms with Crippen LogP contribution in [0.1, 0.15) is 28.4 Å². The van der Waals surface area contributed by atoms with E-state index in [0.717, 1.165) is 56.7 Å². The molecule has 1 fully saturated rings. The summed E-state index contributed by atoms with van der Waals surface area (Å²) in [6, 6.07) is 6.21. The van der Waals surface area contributed by atoms with Gasteiger partial charge in [-0.15, -0.1) is 0 Å². The second-order valence-electron chi connectivity index (χ2n) is 6.31. The molecule has 0 bridgehead atoms. The minimum atomic E-state index is -0.172. The number of carbonyl (C=O) groups excluding carboxylic acids is 1. The first-order chi connectivity index (χ1) is 10.1. The van der Waals surface area contributed by atoms with Gasteiger partial charge in [0.2, 0.25) is 0 Å². The van der Waals surface area contributed by atoms with Crippen molar-refractivity contribution < 1.29 is 9.53 Å². The van der Waals surface area contributed by atoms with E-state index < -0.39 is 0 Å². The molecule has 0 N–H and O–H groups in total. The van der Waals surface area contributed by atoms with Gasteiger partial charge in [-0.2, -0.15) is 0 Å². The number of hydrogen-bond acceptors (Lipinski definition) is 4. The molecule has 4 nitrogen and oxygen atoms in total. The van der Waals surface area contributed by atoms with Gasteiger partial charge >= 0.3 is 5.97 Å². The number of rotatable bonds is 3. The molecule has 1 aromatic carbocycles. The van der Waals surface area contributed by atoms with Crippen LogP contribution < -0.4 is 0 Å². The number of likely N-dealkylation sites (N-methyl/N-ethyl adjacent to an activating group) is 1. The molecule has 3 rings (SSSR count). The monoisotopic (exact) mass is 288 g/mol. The number of fused-ring (bicyclic) bond motifs is 1. The Morgan fingerprint density at radius 2 is 2.00 bits per heavy atom. The van der Waals surface area contributed by atoms with Crippen LogP contribution in [0.25, 0.3) is 0 Å². The lowest BCUT2D eigenvalue weighted by molar-refractivity contribution is 0.0301. The Morgan fingerprint density at radius 3 is 2.76 bits per heavy atom. The van der Waals surface area contributed by atoms with Gasteiger partial charge in [0.1, 0.15) is 6.10 Å². The van der Waals surface area contributed by atoms with E-state index in [1.165, 1.54) is 5.56 Å². The van der Waals surface area contributed by atoms with Crippen molar-refractivity contribution in [3.05, 3.63) is 34.9 Å². The van der Waals surface area contributed by atoms with Crippen molar-refractivity contribution in [1.82, 2.24) is 9.80 Å². The number of esters is 1. The van der Waals surface area contributed by atoms with Crippen LogP contribution >= 0.6 is 0 Å². The third-order valence-electron chi connectivity index (χ3n) is 4.52. The van der Waals surface area contributed by atoms with Crippen LogP contribution in [0.2, 0.25) is 0 Å². The number of piperazine rings is 1. The van der Waals surface area contributed by atoms with Gasteiger partial charge in [0.25, 0.3) is 0 Å². The van der Waals surface area contributed by atoms with Gasteiger partial charge in [-0.05, 0) is 37.6 Å². The molecule has 1 unspecified atom stereocenters. The van der Waals surface area contributed by atoms with Crippen molar-refractivity contribution in [3.8, 4) is 0 Å². The van der Waals surface area contributed by atoms with Gasteiger partial charge in [0.05, 0.1) is 5.56 Å². The molecule has 114 valence electrons. The van der Waals surface area contributed by atoms with Crippen molar-refractivity contribution in [1.29, 1.82) is 0 Å². The van der Waals surface area contributed by atoms with E-state index in [4.69, 9.17) is 4.74 Å². The predicted octanol–water partition coefficient (Wildman–Crippen LogP) is 1.58. The third kappa shape index (κ3) is 3.44. The first-order valence-electron chi connectivity index (χ1n) is 7.85. The number of nitrogens with zero attached hydrogens (tertiary/aromatic N) is 2. The molecule has 4 heteroatoms. The summed E-state index contributed by atoms with van der Waals surface area (Å²) in [6.07, 6.45) is 1.89. The summed E-state index contributed by atoms with van der Waals surface area (Å²) in [5, 5.41) is 0. The lowest BCUT2D eigenvalue weighted by Gasteiger charge is -2.32. The maximum atomic E-state index is 11.8. The Morgan fingerprint density at radius 1 is 1.24 bits per heavy atom. The van der Waals surface area contributed by atoms with Gasteiger partial charge in [0, 0.05) is 39.1 Å². The molecule has 0 aromatic heterocycles. The minimum Gasteiger partial charge on any atom is -0.459 e. The summed E-state index contributed by atoms with van der Waals surface area (Å²) in [7, 11) is 2.18. The summed E-state index contributed by atoms with van der Waals surface area (Å²) in [6.45, 7) is 7.70. The zero-order chi connectivity index (χ0) is 14.8. The van der Waals surface area contributed by atoms with Crippen LogP contribution in [0.15, 0.2) is 18.2 Å². The fourth-order valence-electron chi connectivity index (χ4n) is 3.13. The van der Waals surface area contributed by atoms with Gasteiger partial charge in [0.15, 0.2) is 0 Å². The average Bonchev–Trinajstić information content (AvgIpc) is 2.46. The molecule has 1 atom stereocenters. The van der Waals surface area contributed by atoms with E-state index >= 15 is 0 Å². The normalized spacial score (nSPS) is 23.7. The highest BCUT2D eigenvalue weighted by Gasteiger charge is 2.23. The molecule has 2 heterocycles. The van der Waals surface area contributed by atoms with E-state index in [2.05, 4.69) is 29.0 Å². The van der Waals surface area contributed by atoms with Crippen molar-refractivity contribution in [3.63, 3.8) is 0 Å². The Hall–Kier alpha value is -1.39. The molecule has 21 heavy (non-hydrogen) atoms. The molecular weight excluding hydrogens is 264 g/mol. The van der Waals surface area contributed by atoms with E-state index in [1.54, 1.807) is 0 Å².